The molecule has 2 N–H and O–H groups in total. The van der Waals surface area contributed by atoms with Crippen LogP contribution in [0, 0.1) is 17.8 Å². The second-order valence-corrected chi connectivity index (χ2v) is 5.46. The third-order valence-electron chi connectivity index (χ3n) is 4.66. The molecule has 88 valence electrons. The minimum Gasteiger partial charge on any atom is -0.317 e. The van der Waals surface area contributed by atoms with Gasteiger partial charge in [-0.15, -0.1) is 0 Å². The summed E-state index contributed by atoms with van der Waals surface area (Å²) in [7, 11) is 2.10. The molecule has 2 fully saturated rings. The average Bonchev–Trinajstić information content (AvgIpc) is 2.78. The number of rotatable bonds is 3. The summed E-state index contributed by atoms with van der Waals surface area (Å²) in [6.45, 7) is 4.83. The zero-order valence-corrected chi connectivity index (χ0v) is 10.3. The molecular formula is C13H26N2. The summed E-state index contributed by atoms with van der Waals surface area (Å²) in [6.07, 6.45) is 7.39. The van der Waals surface area contributed by atoms with Crippen molar-refractivity contribution < 1.29 is 0 Å². The van der Waals surface area contributed by atoms with Gasteiger partial charge in [-0.05, 0) is 44.8 Å². The van der Waals surface area contributed by atoms with Crippen molar-refractivity contribution >= 4 is 0 Å². The maximum atomic E-state index is 3.59. The first-order chi connectivity index (χ1) is 7.33. The van der Waals surface area contributed by atoms with E-state index in [9.17, 15) is 0 Å². The summed E-state index contributed by atoms with van der Waals surface area (Å²) in [5.41, 5.74) is 0. The van der Waals surface area contributed by atoms with Crippen LogP contribution < -0.4 is 10.6 Å². The molecule has 1 saturated carbocycles. The van der Waals surface area contributed by atoms with E-state index in [0.29, 0.717) is 6.04 Å². The van der Waals surface area contributed by atoms with Crippen LogP contribution in [0.3, 0.4) is 0 Å². The fourth-order valence-electron chi connectivity index (χ4n) is 3.56. The minimum absolute atomic E-state index is 0.673. The van der Waals surface area contributed by atoms with E-state index < -0.39 is 0 Å². The lowest BCUT2D eigenvalue weighted by atomic mass is 9.74. The highest BCUT2D eigenvalue weighted by Crippen LogP contribution is 2.36. The van der Waals surface area contributed by atoms with Gasteiger partial charge in [0.25, 0.3) is 0 Å². The maximum absolute atomic E-state index is 3.59. The molecule has 3 atom stereocenters. The lowest BCUT2D eigenvalue weighted by Gasteiger charge is -2.33. The van der Waals surface area contributed by atoms with Gasteiger partial charge in [0.15, 0.2) is 0 Å². The fourth-order valence-corrected chi connectivity index (χ4v) is 3.56. The molecular weight excluding hydrogens is 184 g/mol. The standard InChI is InChI=1S/C13H26N2/c1-10(14-2)12-8-15-9-13(12)11-6-4-3-5-7-11/h10-15H,3-9H2,1-2H3/t10?,12-,13-/m0/s1. The first kappa shape index (κ1) is 11.4. The number of hydrogen-bond acceptors (Lipinski definition) is 2. The Morgan fingerprint density at radius 1 is 1.13 bits per heavy atom. The Kier molecular flexibility index (Phi) is 4.04. The van der Waals surface area contributed by atoms with Crippen LogP contribution in [0.1, 0.15) is 39.0 Å². The Bertz CT molecular complexity index is 187. The van der Waals surface area contributed by atoms with Gasteiger partial charge in [-0.25, -0.2) is 0 Å². The smallest absolute Gasteiger partial charge is 0.00793 e. The monoisotopic (exact) mass is 210 g/mol. The van der Waals surface area contributed by atoms with Crippen LogP contribution in [0.15, 0.2) is 0 Å². The molecule has 0 spiro atoms. The van der Waals surface area contributed by atoms with Crippen LogP contribution in [-0.4, -0.2) is 26.2 Å². The first-order valence-electron chi connectivity index (χ1n) is 6.71. The maximum Gasteiger partial charge on any atom is 0.00793 e. The van der Waals surface area contributed by atoms with E-state index in [-0.39, 0.29) is 0 Å². The van der Waals surface area contributed by atoms with E-state index in [1.807, 2.05) is 0 Å². The lowest BCUT2D eigenvalue weighted by Crippen LogP contribution is -2.38. The molecule has 0 bridgehead atoms. The van der Waals surface area contributed by atoms with Gasteiger partial charge in [0, 0.05) is 6.04 Å². The summed E-state index contributed by atoms with van der Waals surface area (Å²) in [4.78, 5) is 0. The van der Waals surface area contributed by atoms with Crippen molar-refractivity contribution in [3.05, 3.63) is 0 Å². The van der Waals surface area contributed by atoms with Crippen LogP contribution >= 0.6 is 0 Å². The molecule has 2 heteroatoms. The second-order valence-electron chi connectivity index (χ2n) is 5.46. The molecule has 2 rings (SSSR count). The highest BCUT2D eigenvalue weighted by molar-refractivity contribution is 4.91. The van der Waals surface area contributed by atoms with E-state index in [2.05, 4.69) is 24.6 Å². The van der Waals surface area contributed by atoms with Gasteiger partial charge in [0.1, 0.15) is 0 Å². The van der Waals surface area contributed by atoms with Gasteiger partial charge in [-0.3, -0.25) is 0 Å². The molecule has 15 heavy (non-hydrogen) atoms. The van der Waals surface area contributed by atoms with E-state index >= 15 is 0 Å². The zero-order chi connectivity index (χ0) is 10.7. The molecule has 0 radical (unpaired) electrons. The van der Waals surface area contributed by atoms with Crippen molar-refractivity contribution in [2.45, 2.75) is 45.1 Å². The predicted molar refractivity (Wildman–Crippen MR) is 64.9 cm³/mol. The molecule has 1 aliphatic heterocycles. The van der Waals surface area contributed by atoms with Gasteiger partial charge in [-0.1, -0.05) is 32.1 Å². The molecule has 2 nitrogen and oxygen atoms in total. The Hall–Kier alpha value is -0.0800. The van der Waals surface area contributed by atoms with Crippen LogP contribution in [0.5, 0.6) is 0 Å². The summed E-state index contributed by atoms with van der Waals surface area (Å²) >= 11 is 0. The summed E-state index contributed by atoms with van der Waals surface area (Å²) in [6, 6.07) is 0.673. The Morgan fingerprint density at radius 3 is 2.53 bits per heavy atom. The lowest BCUT2D eigenvalue weighted by molar-refractivity contribution is 0.194. The molecule has 0 amide bonds. The largest absolute Gasteiger partial charge is 0.317 e. The van der Waals surface area contributed by atoms with Crippen LogP contribution in [-0.2, 0) is 0 Å². The predicted octanol–water partition coefficient (Wildman–Crippen LogP) is 2.01. The summed E-state index contributed by atoms with van der Waals surface area (Å²) in [5, 5.41) is 7.03. The van der Waals surface area contributed by atoms with Crippen LogP contribution in [0.2, 0.25) is 0 Å². The van der Waals surface area contributed by atoms with Crippen molar-refractivity contribution in [2.75, 3.05) is 20.1 Å². The van der Waals surface area contributed by atoms with Crippen molar-refractivity contribution in [3.8, 4) is 0 Å². The molecule has 1 saturated heterocycles. The molecule has 0 aromatic rings. The molecule has 2 aliphatic rings. The highest BCUT2D eigenvalue weighted by atomic mass is 15.0. The minimum atomic E-state index is 0.673. The van der Waals surface area contributed by atoms with Gasteiger partial charge < -0.3 is 10.6 Å². The van der Waals surface area contributed by atoms with Crippen molar-refractivity contribution in [3.63, 3.8) is 0 Å². The van der Waals surface area contributed by atoms with Crippen LogP contribution in [0.4, 0.5) is 0 Å². The highest BCUT2D eigenvalue weighted by Gasteiger charge is 2.36. The molecule has 1 heterocycles. The quantitative estimate of drug-likeness (QED) is 0.744. The number of nitrogens with one attached hydrogen (secondary N) is 2. The molecule has 0 aromatic carbocycles. The Labute approximate surface area is 94.2 Å². The van der Waals surface area contributed by atoms with Gasteiger partial charge in [-0.2, -0.15) is 0 Å². The third-order valence-corrected chi connectivity index (χ3v) is 4.66. The average molecular weight is 210 g/mol. The van der Waals surface area contributed by atoms with E-state index in [0.717, 1.165) is 17.8 Å². The van der Waals surface area contributed by atoms with Crippen LogP contribution in [0.25, 0.3) is 0 Å². The summed E-state index contributed by atoms with van der Waals surface area (Å²) < 4.78 is 0. The van der Waals surface area contributed by atoms with Gasteiger partial charge >= 0.3 is 0 Å². The Balaban J connectivity index is 1.93. The topological polar surface area (TPSA) is 24.1 Å². The third kappa shape index (κ3) is 2.54. The van der Waals surface area contributed by atoms with Crippen molar-refractivity contribution in [1.29, 1.82) is 0 Å². The molecule has 1 aliphatic carbocycles. The SMILES string of the molecule is CNC(C)[C@@H]1CNC[C@H]1C1CCCCC1. The van der Waals surface area contributed by atoms with E-state index in [4.69, 9.17) is 0 Å². The van der Waals surface area contributed by atoms with Crippen molar-refractivity contribution in [2.24, 2.45) is 17.8 Å². The molecule has 0 aromatic heterocycles. The van der Waals surface area contributed by atoms with Gasteiger partial charge in [0.05, 0.1) is 0 Å². The van der Waals surface area contributed by atoms with E-state index in [1.165, 1.54) is 45.2 Å². The normalized spacial score (nSPS) is 35.6. The first-order valence-corrected chi connectivity index (χ1v) is 6.71. The molecule has 1 unspecified atom stereocenters. The fraction of sp³-hybridized carbons (Fsp3) is 1.00. The van der Waals surface area contributed by atoms with Gasteiger partial charge in [0.2, 0.25) is 0 Å². The summed E-state index contributed by atoms with van der Waals surface area (Å²) in [5.74, 6) is 2.81. The number of hydrogen-bond donors (Lipinski definition) is 2. The van der Waals surface area contributed by atoms with E-state index in [1.54, 1.807) is 0 Å². The van der Waals surface area contributed by atoms with Crippen molar-refractivity contribution in [1.82, 2.24) is 10.6 Å². The Morgan fingerprint density at radius 2 is 1.87 bits per heavy atom. The second kappa shape index (κ2) is 5.31. The zero-order valence-electron chi connectivity index (χ0n) is 10.3.